The van der Waals surface area contributed by atoms with Gasteiger partial charge < -0.3 is 10.2 Å². The summed E-state index contributed by atoms with van der Waals surface area (Å²) in [6.45, 7) is -1.11. The van der Waals surface area contributed by atoms with E-state index in [2.05, 4.69) is 0 Å². The normalized spacial score (nSPS) is 14.3. The third-order valence-corrected chi connectivity index (χ3v) is 5.15. The van der Waals surface area contributed by atoms with E-state index in [9.17, 15) is 47.9 Å². The number of hydrazine groups is 1. The van der Waals surface area contributed by atoms with Gasteiger partial charge in [0.05, 0.1) is 12.8 Å². The molecule has 0 aliphatic carbocycles. The van der Waals surface area contributed by atoms with E-state index in [-0.39, 0.29) is 10.0 Å². The van der Waals surface area contributed by atoms with Crippen LogP contribution in [0.4, 0.5) is 0 Å². The molecule has 0 aromatic heterocycles. The van der Waals surface area contributed by atoms with Gasteiger partial charge >= 0.3 is 11.9 Å². The van der Waals surface area contributed by atoms with E-state index in [1.54, 1.807) is 0 Å². The zero-order valence-corrected chi connectivity index (χ0v) is 19.7. The molecule has 38 heavy (non-hydrogen) atoms. The van der Waals surface area contributed by atoms with E-state index in [1.807, 2.05) is 0 Å². The standard InChI is InChI=1S/C22H22N4O12/c27-13-1-2-14(28)23(13)11-9-19(33)25(17(31)5-7-21(35)36)26(18(32)6-8-22(37)38)20(34)10-12-24-15(29)3-4-16(24)30/h1-4H,5-12H2,(H,35,36)(H,37,38). The number of carboxylic acids is 2. The van der Waals surface area contributed by atoms with E-state index in [0.717, 1.165) is 24.3 Å². The van der Waals surface area contributed by atoms with Gasteiger partial charge in [0.15, 0.2) is 0 Å². The van der Waals surface area contributed by atoms with Gasteiger partial charge in [0.1, 0.15) is 0 Å². The van der Waals surface area contributed by atoms with Gasteiger partial charge in [-0.15, -0.1) is 0 Å². The van der Waals surface area contributed by atoms with Crippen LogP contribution in [-0.2, 0) is 47.9 Å². The first-order chi connectivity index (χ1) is 17.8. The number of nitrogens with zero attached hydrogens (tertiary/aromatic N) is 4. The SMILES string of the molecule is O=C(O)CCC(=O)N(C(=O)CCN1C(=O)C=CC1=O)N(C(=O)CCC(=O)O)C(=O)CCN1C(=O)C=CC1=O. The van der Waals surface area contributed by atoms with Gasteiger partial charge in [-0.2, -0.15) is 10.0 Å². The summed E-state index contributed by atoms with van der Waals surface area (Å²) in [7, 11) is 0. The molecule has 202 valence electrons. The number of amides is 8. The summed E-state index contributed by atoms with van der Waals surface area (Å²) in [5.41, 5.74) is 0. The first-order valence-corrected chi connectivity index (χ1v) is 11.1. The van der Waals surface area contributed by atoms with Gasteiger partial charge in [-0.3, -0.25) is 57.7 Å². The number of aliphatic carboxylic acids is 2. The van der Waals surface area contributed by atoms with Crippen LogP contribution in [0.15, 0.2) is 24.3 Å². The highest BCUT2D eigenvalue weighted by Gasteiger charge is 2.37. The minimum absolute atomic E-state index is 0.0415. The Balaban J connectivity index is 2.33. The van der Waals surface area contributed by atoms with Crippen LogP contribution in [0, 0.1) is 0 Å². The minimum Gasteiger partial charge on any atom is -0.481 e. The quantitative estimate of drug-likeness (QED) is 0.204. The summed E-state index contributed by atoms with van der Waals surface area (Å²) < 4.78 is 0. The Morgan fingerprint density at radius 2 is 0.763 bits per heavy atom. The maximum absolute atomic E-state index is 13.0. The van der Waals surface area contributed by atoms with Crippen LogP contribution in [-0.4, -0.2) is 102 Å². The molecule has 2 aliphatic rings. The van der Waals surface area contributed by atoms with Gasteiger partial charge in [0.2, 0.25) is 11.8 Å². The van der Waals surface area contributed by atoms with Crippen LogP contribution < -0.4 is 0 Å². The molecule has 0 saturated carbocycles. The number of carbonyl (C=O) groups is 10. The number of hydrogen-bond acceptors (Lipinski definition) is 10. The Hall–Kier alpha value is -5.02. The molecule has 0 aromatic carbocycles. The fourth-order valence-electron chi connectivity index (χ4n) is 3.29. The average molecular weight is 534 g/mol. The summed E-state index contributed by atoms with van der Waals surface area (Å²) in [6, 6.07) is 0. The summed E-state index contributed by atoms with van der Waals surface area (Å²) in [5, 5.41) is 17.9. The molecule has 0 radical (unpaired) electrons. The van der Waals surface area contributed by atoms with Crippen molar-refractivity contribution in [1.82, 2.24) is 19.8 Å². The lowest BCUT2D eigenvalue weighted by Gasteiger charge is -2.32. The zero-order valence-electron chi connectivity index (χ0n) is 19.7. The molecule has 2 heterocycles. The summed E-state index contributed by atoms with van der Waals surface area (Å²) in [5.74, 6) is -11.1. The third-order valence-electron chi connectivity index (χ3n) is 5.15. The lowest BCUT2D eigenvalue weighted by atomic mass is 10.2. The number of rotatable bonds is 12. The fraction of sp³-hybridized carbons (Fsp3) is 0.364. The first-order valence-electron chi connectivity index (χ1n) is 11.1. The molecule has 2 aliphatic heterocycles. The maximum Gasteiger partial charge on any atom is 0.303 e. The van der Waals surface area contributed by atoms with E-state index < -0.39 is 111 Å². The second kappa shape index (κ2) is 12.8. The highest BCUT2D eigenvalue weighted by atomic mass is 16.4. The Kier molecular flexibility index (Phi) is 9.84. The molecular formula is C22H22N4O12. The molecule has 16 heteroatoms. The fourth-order valence-corrected chi connectivity index (χ4v) is 3.29. The Bertz CT molecular complexity index is 1040. The number of carboxylic acid groups (broad SMARTS) is 2. The number of hydrogen-bond donors (Lipinski definition) is 2. The van der Waals surface area contributed by atoms with Crippen molar-refractivity contribution in [2.75, 3.05) is 13.1 Å². The highest BCUT2D eigenvalue weighted by molar-refractivity contribution is 6.14. The molecule has 0 bridgehead atoms. The Morgan fingerprint density at radius 1 is 0.500 bits per heavy atom. The molecule has 0 spiro atoms. The van der Waals surface area contributed by atoms with Crippen molar-refractivity contribution in [3.63, 3.8) is 0 Å². The van der Waals surface area contributed by atoms with Gasteiger partial charge in [-0.05, 0) is 0 Å². The molecular weight excluding hydrogens is 512 g/mol. The van der Waals surface area contributed by atoms with E-state index in [0.29, 0.717) is 9.80 Å². The first kappa shape index (κ1) is 29.2. The van der Waals surface area contributed by atoms with Crippen molar-refractivity contribution in [1.29, 1.82) is 0 Å². The molecule has 0 aromatic rings. The van der Waals surface area contributed by atoms with Crippen LogP contribution in [0.3, 0.4) is 0 Å². The van der Waals surface area contributed by atoms with E-state index in [4.69, 9.17) is 10.2 Å². The second-order valence-electron chi connectivity index (χ2n) is 7.81. The lowest BCUT2D eigenvalue weighted by Crippen LogP contribution is -2.56. The Labute approximate surface area is 213 Å². The van der Waals surface area contributed by atoms with Gasteiger partial charge in [-0.1, -0.05) is 0 Å². The topological polar surface area (TPSA) is 224 Å². The predicted molar refractivity (Wildman–Crippen MR) is 118 cm³/mol. The van der Waals surface area contributed by atoms with Crippen LogP contribution in [0.5, 0.6) is 0 Å². The molecule has 0 fully saturated rings. The van der Waals surface area contributed by atoms with Crippen molar-refractivity contribution in [3.05, 3.63) is 24.3 Å². The summed E-state index contributed by atoms with van der Waals surface area (Å²) >= 11 is 0. The van der Waals surface area contributed by atoms with Crippen molar-refractivity contribution in [2.45, 2.75) is 38.5 Å². The Morgan fingerprint density at radius 3 is 1.03 bits per heavy atom. The van der Waals surface area contributed by atoms with Crippen molar-refractivity contribution >= 4 is 59.2 Å². The van der Waals surface area contributed by atoms with Gasteiger partial charge in [0, 0.05) is 63.1 Å². The van der Waals surface area contributed by atoms with Crippen LogP contribution in [0.1, 0.15) is 38.5 Å². The van der Waals surface area contributed by atoms with Crippen molar-refractivity contribution in [3.8, 4) is 0 Å². The van der Waals surface area contributed by atoms with E-state index in [1.165, 1.54) is 0 Å². The smallest absolute Gasteiger partial charge is 0.303 e. The lowest BCUT2D eigenvalue weighted by molar-refractivity contribution is -0.181. The monoisotopic (exact) mass is 534 g/mol. The molecule has 2 rings (SSSR count). The minimum atomic E-state index is -1.45. The molecule has 8 amide bonds. The molecule has 16 nitrogen and oxygen atoms in total. The van der Waals surface area contributed by atoms with Crippen molar-refractivity contribution in [2.24, 2.45) is 0 Å². The zero-order chi connectivity index (χ0) is 28.6. The van der Waals surface area contributed by atoms with Crippen molar-refractivity contribution < 1.29 is 58.2 Å². The van der Waals surface area contributed by atoms with Crippen LogP contribution >= 0.6 is 0 Å². The third kappa shape index (κ3) is 7.49. The molecule has 0 saturated heterocycles. The molecule has 2 N–H and O–H groups in total. The largest absolute Gasteiger partial charge is 0.481 e. The maximum atomic E-state index is 13.0. The molecule has 0 atom stereocenters. The molecule has 0 unspecified atom stereocenters. The van der Waals surface area contributed by atoms with Crippen LogP contribution in [0.2, 0.25) is 0 Å². The highest BCUT2D eigenvalue weighted by Crippen LogP contribution is 2.15. The number of carbonyl (C=O) groups excluding carboxylic acids is 8. The summed E-state index contributed by atoms with van der Waals surface area (Å²) in [4.78, 5) is 122. The predicted octanol–water partition coefficient (Wildman–Crippen LogP) is -2.03. The average Bonchev–Trinajstić information content (AvgIpc) is 3.35. The second-order valence-corrected chi connectivity index (χ2v) is 7.81. The number of imide groups is 4. The van der Waals surface area contributed by atoms with Gasteiger partial charge in [-0.25, -0.2) is 0 Å². The van der Waals surface area contributed by atoms with Gasteiger partial charge in [0.25, 0.3) is 35.4 Å². The van der Waals surface area contributed by atoms with Crippen LogP contribution in [0.25, 0.3) is 0 Å². The van der Waals surface area contributed by atoms with E-state index >= 15 is 0 Å². The summed E-state index contributed by atoms with van der Waals surface area (Å²) in [6.07, 6.45) is -1.10.